The quantitative estimate of drug-likeness (QED) is 0.770. The number of hydrogen-bond donors (Lipinski definition) is 1. The molecule has 18 heavy (non-hydrogen) atoms. The Morgan fingerprint density at radius 2 is 2.00 bits per heavy atom. The van der Waals surface area contributed by atoms with E-state index >= 15 is 0 Å². The van der Waals surface area contributed by atoms with Crippen LogP contribution in [0, 0.1) is 5.92 Å². The summed E-state index contributed by atoms with van der Waals surface area (Å²) in [6.07, 6.45) is 2.24. The Kier molecular flexibility index (Phi) is 6.44. The number of rotatable bonds is 8. The molecule has 0 saturated carbocycles. The molecule has 3 nitrogen and oxygen atoms in total. The van der Waals surface area contributed by atoms with Crippen LogP contribution in [0.15, 0.2) is 30.3 Å². The van der Waals surface area contributed by atoms with Gasteiger partial charge in [0.25, 0.3) is 0 Å². The van der Waals surface area contributed by atoms with E-state index in [4.69, 9.17) is 5.11 Å². The molecule has 0 spiro atoms. The van der Waals surface area contributed by atoms with Crippen LogP contribution in [0.3, 0.4) is 0 Å². The van der Waals surface area contributed by atoms with E-state index in [1.54, 1.807) is 6.92 Å². The first-order valence-corrected chi connectivity index (χ1v) is 6.62. The van der Waals surface area contributed by atoms with E-state index in [-0.39, 0.29) is 5.92 Å². The second kappa shape index (κ2) is 7.88. The van der Waals surface area contributed by atoms with Crippen molar-refractivity contribution < 1.29 is 9.90 Å². The van der Waals surface area contributed by atoms with Crippen LogP contribution >= 0.6 is 0 Å². The lowest BCUT2D eigenvalue weighted by Crippen LogP contribution is -2.32. The fourth-order valence-corrected chi connectivity index (χ4v) is 1.92. The third-order valence-electron chi connectivity index (χ3n) is 3.03. The zero-order chi connectivity index (χ0) is 13.4. The van der Waals surface area contributed by atoms with Gasteiger partial charge in [-0.05, 0) is 18.5 Å². The monoisotopic (exact) mass is 249 g/mol. The van der Waals surface area contributed by atoms with Crippen LogP contribution in [0.2, 0.25) is 0 Å². The zero-order valence-electron chi connectivity index (χ0n) is 11.3. The van der Waals surface area contributed by atoms with Gasteiger partial charge in [0, 0.05) is 13.1 Å². The van der Waals surface area contributed by atoms with E-state index in [1.807, 2.05) is 18.2 Å². The SMILES string of the molecule is CCCCN(Cc1ccccc1)CC(C)C(=O)O. The van der Waals surface area contributed by atoms with Gasteiger partial charge in [-0.25, -0.2) is 0 Å². The van der Waals surface area contributed by atoms with Crippen molar-refractivity contribution in [3.63, 3.8) is 0 Å². The van der Waals surface area contributed by atoms with Crippen LogP contribution in [0.25, 0.3) is 0 Å². The minimum Gasteiger partial charge on any atom is -0.481 e. The highest BCUT2D eigenvalue weighted by molar-refractivity contribution is 5.69. The highest BCUT2D eigenvalue weighted by Crippen LogP contribution is 2.09. The molecule has 1 aromatic rings. The predicted octanol–water partition coefficient (Wildman–Crippen LogP) is 3.01. The molecule has 0 heterocycles. The van der Waals surface area contributed by atoms with Crippen LogP contribution in [0.5, 0.6) is 0 Å². The minimum absolute atomic E-state index is 0.314. The van der Waals surface area contributed by atoms with Gasteiger partial charge in [-0.15, -0.1) is 0 Å². The summed E-state index contributed by atoms with van der Waals surface area (Å²) in [4.78, 5) is 13.2. The minimum atomic E-state index is -0.718. The van der Waals surface area contributed by atoms with Gasteiger partial charge in [0.15, 0.2) is 0 Å². The molecule has 1 aromatic carbocycles. The second-order valence-corrected chi connectivity index (χ2v) is 4.81. The molecule has 0 aromatic heterocycles. The molecule has 1 atom stereocenters. The van der Waals surface area contributed by atoms with Gasteiger partial charge in [0.1, 0.15) is 0 Å². The van der Waals surface area contributed by atoms with Crippen molar-refractivity contribution in [1.29, 1.82) is 0 Å². The Morgan fingerprint density at radius 3 is 2.56 bits per heavy atom. The molecule has 0 saturated heterocycles. The molecule has 0 radical (unpaired) electrons. The van der Waals surface area contributed by atoms with Crippen LogP contribution in [0.1, 0.15) is 32.3 Å². The van der Waals surface area contributed by atoms with Gasteiger partial charge in [-0.1, -0.05) is 50.6 Å². The molecule has 0 aliphatic heterocycles. The fourth-order valence-electron chi connectivity index (χ4n) is 1.92. The normalized spacial score (nSPS) is 12.6. The van der Waals surface area contributed by atoms with Gasteiger partial charge in [0.05, 0.1) is 5.92 Å². The summed E-state index contributed by atoms with van der Waals surface area (Å²) in [6.45, 7) is 6.33. The van der Waals surface area contributed by atoms with Crippen molar-refractivity contribution in [1.82, 2.24) is 4.90 Å². The van der Waals surface area contributed by atoms with E-state index in [0.29, 0.717) is 6.54 Å². The van der Waals surface area contributed by atoms with Crippen molar-refractivity contribution in [2.45, 2.75) is 33.2 Å². The topological polar surface area (TPSA) is 40.5 Å². The largest absolute Gasteiger partial charge is 0.481 e. The Bertz CT molecular complexity index is 351. The molecule has 1 unspecified atom stereocenters. The smallest absolute Gasteiger partial charge is 0.307 e. The molecule has 0 aliphatic rings. The summed E-state index contributed by atoms with van der Waals surface area (Å²) >= 11 is 0. The molecule has 100 valence electrons. The number of unbranched alkanes of at least 4 members (excludes halogenated alkanes) is 1. The molecular formula is C15H23NO2. The summed E-state index contributed by atoms with van der Waals surface area (Å²) in [7, 11) is 0. The highest BCUT2D eigenvalue weighted by atomic mass is 16.4. The lowest BCUT2D eigenvalue weighted by atomic mass is 10.1. The van der Waals surface area contributed by atoms with Crippen molar-refractivity contribution in [2.75, 3.05) is 13.1 Å². The molecule has 0 amide bonds. The summed E-state index contributed by atoms with van der Waals surface area (Å²) in [5, 5.41) is 9.00. The van der Waals surface area contributed by atoms with Crippen molar-refractivity contribution in [2.24, 2.45) is 5.92 Å². The van der Waals surface area contributed by atoms with Crippen LogP contribution in [0.4, 0.5) is 0 Å². The summed E-state index contributed by atoms with van der Waals surface area (Å²) < 4.78 is 0. The third kappa shape index (κ3) is 5.32. The third-order valence-corrected chi connectivity index (χ3v) is 3.03. The van der Waals surface area contributed by atoms with Crippen LogP contribution in [-0.2, 0) is 11.3 Å². The highest BCUT2D eigenvalue weighted by Gasteiger charge is 2.15. The van der Waals surface area contributed by atoms with E-state index in [0.717, 1.165) is 25.9 Å². The van der Waals surface area contributed by atoms with Crippen molar-refractivity contribution in [3.8, 4) is 0 Å². The lowest BCUT2D eigenvalue weighted by molar-refractivity contribution is -0.141. The summed E-state index contributed by atoms with van der Waals surface area (Å²) in [6, 6.07) is 10.2. The Morgan fingerprint density at radius 1 is 1.33 bits per heavy atom. The first kappa shape index (κ1) is 14.7. The van der Waals surface area contributed by atoms with E-state index < -0.39 is 5.97 Å². The molecule has 0 aliphatic carbocycles. The Balaban J connectivity index is 2.57. The average molecular weight is 249 g/mol. The number of hydrogen-bond acceptors (Lipinski definition) is 2. The molecule has 1 N–H and O–H groups in total. The standard InChI is InChI=1S/C15H23NO2/c1-3-4-10-16(11-13(2)15(17)18)12-14-8-6-5-7-9-14/h5-9,13H,3-4,10-12H2,1-2H3,(H,17,18). The van der Waals surface area contributed by atoms with Gasteiger partial charge < -0.3 is 5.11 Å². The Labute approximate surface area is 109 Å². The number of carboxylic acid groups (broad SMARTS) is 1. The number of carboxylic acids is 1. The molecule has 1 rings (SSSR count). The average Bonchev–Trinajstić information content (AvgIpc) is 2.37. The maximum Gasteiger partial charge on any atom is 0.307 e. The van der Waals surface area contributed by atoms with Crippen LogP contribution in [-0.4, -0.2) is 29.1 Å². The number of aliphatic carboxylic acids is 1. The zero-order valence-corrected chi connectivity index (χ0v) is 11.3. The van der Waals surface area contributed by atoms with Gasteiger partial charge >= 0.3 is 5.97 Å². The van der Waals surface area contributed by atoms with Crippen molar-refractivity contribution >= 4 is 5.97 Å². The fraction of sp³-hybridized carbons (Fsp3) is 0.533. The molecule has 3 heteroatoms. The number of carbonyl (C=O) groups is 1. The van der Waals surface area contributed by atoms with E-state index in [1.165, 1.54) is 5.56 Å². The maximum atomic E-state index is 10.9. The molecule has 0 bridgehead atoms. The van der Waals surface area contributed by atoms with E-state index in [9.17, 15) is 4.79 Å². The lowest BCUT2D eigenvalue weighted by Gasteiger charge is -2.24. The van der Waals surface area contributed by atoms with Gasteiger partial charge in [-0.2, -0.15) is 0 Å². The first-order chi connectivity index (χ1) is 8.63. The number of benzene rings is 1. The summed E-state index contributed by atoms with van der Waals surface area (Å²) in [5.41, 5.74) is 1.24. The molecule has 0 fully saturated rings. The summed E-state index contributed by atoms with van der Waals surface area (Å²) in [5.74, 6) is -1.03. The number of nitrogens with zero attached hydrogens (tertiary/aromatic N) is 1. The second-order valence-electron chi connectivity index (χ2n) is 4.81. The van der Waals surface area contributed by atoms with Crippen LogP contribution < -0.4 is 0 Å². The van der Waals surface area contributed by atoms with Crippen molar-refractivity contribution in [3.05, 3.63) is 35.9 Å². The maximum absolute atomic E-state index is 10.9. The van der Waals surface area contributed by atoms with Gasteiger partial charge in [-0.3, -0.25) is 9.69 Å². The van der Waals surface area contributed by atoms with E-state index in [2.05, 4.69) is 24.0 Å². The molecular weight excluding hydrogens is 226 g/mol. The van der Waals surface area contributed by atoms with Gasteiger partial charge in [0.2, 0.25) is 0 Å². The predicted molar refractivity (Wildman–Crippen MR) is 73.4 cm³/mol. The first-order valence-electron chi connectivity index (χ1n) is 6.62. The Hall–Kier alpha value is -1.35.